The number of alkyl halides is 3. The smallest absolute Gasteiger partial charge is 0.573 e. The van der Waals surface area contributed by atoms with Crippen molar-refractivity contribution < 1.29 is 49.9 Å². The zero-order valence-corrected chi connectivity index (χ0v) is 19.0. The van der Waals surface area contributed by atoms with Crippen molar-refractivity contribution in [3.8, 4) is 11.5 Å². The van der Waals surface area contributed by atoms with Crippen LogP contribution in [0.25, 0.3) is 0 Å². The van der Waals surface area contributed by atoms with Gasteiger partial charge in [-0.2, -0.15) is 0 Å². The predicted molar refractivity (Wildman–Crippen MR) is 108 cm³/mol. The molecule has 2 bridgehead atoms. The van der Waals surface area contributed by atoms with Gasteiger partial charge in [-0.15, -0.1) is 13.2 Å². The molecule has 8 nitrogen and oxygen atoms in total. The highest BCUT2D eigenvalue weighted by Gasteiger charge is 2.42. The number of benzene rings is 1. The molecule has 12 heteroatoms. The Balaban J connectivity index is 1.78. The topological polar surface area (TPSA) is 111 Å². The maximum atomic E-state index is 12.9. The van der Waals surface area contributed by atoms with E-state index >= 15 is 0 Å². The SMILES string of the molecule is CC(C)C(Oc1cc(C(=O)OCCS(=O)(=O)[O-])ccc1OC(F)(F)F)OC1CC2CCC1C2. The molecule has 0 saturated heterocycles. The molecule has 1 aromatic carbocycles. The minimum atomic E-state index is -5.00. The van der Waals surface area contributed by atoms with Gasteiger partial charge in [-0.1, -0.05) is 13.8 Å². The number of esters is 1. The van der Waals surface area contributed by atoms with Gasteiger partial charge in [0.1, 0.15) is 6.61 Å². The Bertz CT molecular complexity index is 947. The summed E-state index contributed by atoms with van der Waals surface area (Å²) in [4.78, 5) is 12.2. The normalized spacial score (nSPS) is 23.5. The van der Waals surface area contributed by atoms with Crippen LogP contribution in [0.2, 0.25) is 0 Å². The standard InChI is InChI=1S/C21H27F3O8S/c1-12(2)20(30-17-10-13-3-4-14(17)9-13)31-18-11-15(5-6-16(18)32-21(22,23)24)19(25)29-7-8-33(26,27)28/h5-6,11-14,17,20H,3-4,7-10H2,1-2H3,(H,26,27,28)/p-1. The van der Waals surface area contributed by atoms with Gasteiger partial charge in [-0.25, -0.2) is 13.2 Å². The van der Waals surface area contributed by atoms with E-state index in [9.17, 15) is 30.9 Å². The number of hydrogen-bond acceptors (Lipinski definition) is 8. The van der Waals surface area contributed by atoms with Gasteiger partial charge in [0.2, 0.25) is 6.29 Å². The van der Waals surface area contributed by atoms with Gasteiger partial charge >= 0.3 is 12.3 Å². The van der Waals surface area contributed by atoms with Gasteiger partial charge in [0.25, 0.3) is 0 Å². The monoisotopic (exact) mass is 495 g/mol. The molecule has 33 heavy (non-hydrogen) atoms. The second-order valence-corrected chi connectivity index (χ2v) is 10.2. The fraction of sp³-hybridized carbons (Fsp3) is 0.667. The number of fused-ring (bicyclic) bond motifs is 2. The van der Waals surface area contributed by atoms with Crippen molar-refractivity contribution in [1.82, 2.24) is 0 Å². The average Bonchev–Trinajstić information content (AvgIpc) is 3.29. The van der Waals surface area contributed by atoms with Gasteiger partial charge in [0, 0.05) is 5.92 Å². The van der Waals surface area contributed by atoms with Gasteiger partial charge in [0.15, 0.2) is 11.5 Å². The summed E-state index contributed by atoms with van der Waals surface area (Å²) in [5.74, 6) is -2.23. The molecule has 0 amide bonds. The summed E-state index contributed by atoms with van der Waals surface area (Å²) in [5, 5.41) is 0. The second-order valence-electron chi connectivity index (χ2n) is 8.69. The summed E-state index contributed by atoms with van der Waals surface area (Å²) < 4.78 is 91.3. The van der Waals surface area contributed by atoms with Crippen molar-refractivity contribution in [2.45, 2.75) is 58.3 Å². The molecular weight excluding hydrogens is 469 g/mol. The van der Waals surface area contributed by atoms with Crippen LogP contribution in [0.4, 0.5) is 13.2 Å². The number of halogens is 3. The molecular formula is C21H26F3O8S-. The Hall–Kier alpha value is -2.05. The van der Waals surface area contributed by atoms with E-state index in [1.165, 1.54) is 0 Å². The average molecular weight is 495 g/mol. The molecule has 2 fully saturated rings. The summed E-state index contributed by atoms with van der Waals surface area (Å²) in [6.45, 7) is 2.90. The summed E-state index contributed by atoms with van der Waals surface area (Å²) >= 11 is 0. The Morgan fingerprint density at radius 3 is 2.45 bits per heavy atom. The number of ether oxygens (including phenoxy) is 4. The highest BCUT2D eigenvalue weighted by Crippen LogP contribution is 2.46. The van der Waals surface area contributed by atoms with E-state index in [1.54, 1.807) is 13.8 Å². The number of hydrogen-bond donors (Lipinski definition) is 0. The first-order valence-electron chi connectivity index (χ1n) is 10.6. The molecule has 4 unspecified atom stereocenters. The highest BCUT2D eigenvalue weighted by molar-refractivity contribution is 7.85. The van der Waals surface area contributed by atoms with E-state index in [1.807, 2.05) is 0 Å². The first-order chi connectivity index (χ1) is 15.3. The summed E-state index contributed by atoms with van der Waals surface area (Å²) in [5.41, 5.74) is -0.203. The zero-order chi connectivity index (χ0) is 24.4. The molecule has 2 saturated carbocycles. The lowest BCUT2D eigenvalue weighted by Gasteiger charge is -2.30. The van der Waals surface area contributed by atoms with Crippen LogP contribution in [-0.2, 0) is 19.6 Å². The maximum absolute atomic E-state index is 12.9. The molecule has 4 atom stereocenters. The zero-order valence-electron chi connectivity index (χ0n) is 18.2. The van der Waals surface area contributed by atoms with Gasteiger partial charge in [-0.3, -0.25) is 0 Å². The van der Waals surface area contributed by atoms with Gasteiger partial charge in [-0.05, 0) is 55.7 Å². The van der Waals surface area contributed by atoms with E-state index in [0.29, 0.717) is 11.8 Å². The van der Waals surface area contributed by atoms with Crippen molar-refractivity contribution in [2.75, 3.05) is 12.4 Å². The number of rotatable bonds is 10. The third-order valence-electron chi connectivity index (χ3n) is 5.74. The van der Waals surface area contributed by atoms with Crippen LogP contribution in [0.3, 0.4) is 0 Å². The lowest BCUT2D eigenvalue weighted by Crippen LogP contribution is -2.34. The quantitative estimate of drug-likeness (QED) is 0.273. The highest BCUT2D eigenvalue weighted by atomic mass is 32.2. The maximum Gasteiger partial charge on any atom is 0.573 e. The molecule has 0 N–H and O–H groups in total. The molecule has 0 aromatic heterocycles. The van der Waals surface area contributed by atoms with Crippen LogP contribution in [0.15, 0.2) is 18.2 Å². The van der Waals surface area contributed by atoms with Crippen LogP contribution in [0, 0.1) is 17.8 Å². The number of carbonyl (C=O) groups is 1. The molecule has 0 spiro atoms. The third-order valence-corrected chi connectivity index (χ3v) is 6.41. The van der Waals surface area contributed by atoms with Crippen molar-refractivity contribution >= 4 is 16.1 Å². The van der Waals surface area contributed by atoms with Crippen molar-refractivity contribution in [1.29, 1.82) is 0 Å². The Morgan fingerprint density at radius 2 is 1.91 bits per heavy atom. The molecule has 0 heterocycles. The molecule has 1 aromatic rings. The Morgan fingerprint density at radius 1 is 1.18 bits per heavy atom. The summed E-state index contributed by atoms with van der Waals surface area (Å²) in [6.07, 6.45) is -1.80. The number of carbonyl (C=O) groups excluding carboxylic acids is 1. The summed E-state index contributed by atoms with van der Waals surface area (Å²) in [6, 6.07) is 2.93. The van der Waals surface area contributed by atoms with Crippen molar-refractivity contribution in [3.05, 3.63) is 23.8 Å². The van der Waals surface area contributed by atoms with Gasteiger partial charge in [0.05, 0.1) is 27.5 Å². The van der Waals surface area contributed by atoms with Crippen molar-refractivity contribution in [3.63, 3.8) is 0 Å². The first-order valence-corrected chi connectivity index (χ1v) is 12.2. The lowest BCUT2D eigenvalue weighted by atomic mass is 9.97. The van der Waals surface area contributed by atoms with Crippen molar-refractivity contribution in [2.24, 2.45) is 17.8 Å². The largest absolute Gasteiger partial charge is 0.748 e. The second kappa shape index (κ2) is 10.1. The van der Waals surface area contributed by atoms with E-state index in [2.05, 4.69) is 4.74 Å². The fourth-order valence-electron chi connectivity index (χ4n) is 4.23. The van der Waals surface area contributed by atoms with Crippen LogP contribution in [-0.4, -0.2) is 50.1 Å². The van der Waals surface area contributed by atoms with E-state index in [0.717, 1.165) is 43.9 Å². The minimum absolute atomic E-state index is 0.0506. The van der Waals surface area contributed by atoms with Crippen LogP contribution < -0.4 is 9.47 Å². The van der Waals surface area contributed by atoms with E-state index in [4.69, 9.17) is 14.2 Å². The third kappa shape index (κ3) is 7.47. The predicted octanol–water partition coefficient (Wildman–Crippen LogP) is 3.85. The van der Waals surface area contributed by atoms with E-state index in [-0.39, 0.29) is 23.3 Å². The molecule has 2 aliphatic carbocycles. The van der Waals surface area contributed by atoms with Crippen LogP contribution >= 0.6 is 0 Å². The molecule has 2 aliphatic rings. The first kappa shape index (κ1) is 25.6. The van der Waals surface area contributed by atoms with Gasteiger partial charge < -0.3 is 23.5 Å². The summed E-state index contributed by atoms with van der Waals surface area (Å²) in [7, 11) is -4.59. The van der Waals surface area contributed by atoms with Crippen LogP contribution in [0.5, 0.6) is 11.5 Å². The molecule has 0 radical (unpaired) electrons. The Kier molecular flexibility index (Phi) is 7.80. The molecule has 186 valence electrons. The fourth-order valence-corrected chi connectivity index (χ4v) is 4.51. The van der Waals surface area contributed by atoms with Crippen LogP contribution in [0.1, 0.15) is 49.9 Å². The molecule has 0 aliphatic heterocycles. The minimum Gasteiger partial charge on any atom is -0.748 e. The lowest BCUT2D eigenvalue weighted by molar-refractivity contribution is -0.275. The molecule has 3 rings (SSSR count). The Labute approximate surface area is 190 Å². The van der Waals surface area contributed by atoms with E-state index < -0.39 is 46.8 Å².